The molecule has 1 fully saturated rings. The minimum absolute atomic E-state index is 0.0787. The van der Waals surface area contributed by atoms with Crippen LogP contribution in [0.3, 0.4) is 0 Å². The molecule has 1 saturated carbocycles. The summed E-state index contributed by atoms with van der Waals surface area (Å²) in [6.07, 6.45) is 10.1. The molecule has 1 aromatic heterocycles. The van der Waals surface area contributed by atoms with Crippen LogP contribution in [-0.2, 0) is 11.2 Å². The number of carbonyl (C=O) groups is 1. The lowest BCUT2D eigenvalue weighted by atomic mass is 9.89. The van der Waals surface area contributed by atoms with Gasteiger partial charge >= 0.3 is 0 Å². The monoisotopic (exact) mass is 549 g/mol. The molecule has 1 aliphatic rings. The number of unbranched alkanes of at least 4 members (excludes halogenated alkanes) is 1. The van der Waals surface area contributed by atoms with Crippen molar-refractivity contribution in [2.75, 3.05) is 0 Å². The van der Waals surface area contributed by atoms with Crippen LogP contribution in [0.25, 0.3) is 0 Å². The van der Waals surface area contributed by atoms with Crippen LogP contribution in [0, 0.1) is 11.8 Å². The summed E-state index contributed by atoms with van der Waals surface area (Å²) in [6.45, 7) is 0. The molecule has 0 bridgehead atoms. The Balaban J connectivity index is 1.83. The van der Waals surface area contributed by atoms with Crippen molar-refractivity contribution in [3.05, 3.63) is 43.5 Å². The molecule has 2 rings (SSSR count). The van der Waals surface area contributed by atoms with E-state index in [-0.39, 0.29) is 17.7 Å². The van der Waals surface area contributed by atoms with E-state index in [9.17, 15) is 20.1 Å². The van der Waals surface area contributed by atoms with Crippen molar-refractivity contribution >= 4 is 49.1 Å². The van der Waals surface area contributed by atoms with Crippen LogP contribution in [0.5, 0.6) is 0 Å². The van der Waals surface area contributed by atoms with Gasteiger partial charge in [0.15, 0.2) is 0 Å². The first-order valence-corrected chi connectivity index (χ1v) is 12.3. The first kappa shape index (κ1) is 24.8. The van der Waals surface area contributed by atoms with E-state index < -0.39 is 18.3 Å². The maximum Gasteiger partial charge on any atom is 0.217 e. The van der Waals surface area contributed by atoms with Crippen molar-refractivity contribution in [2.45, 2.75) is 63.3 Å². The number of aliphatic hydroxyl groups excluding tert-OH is 3. The molecule has 0 saturated heterocycles. The number of aryl methyl sites for hydroxylation is 1. The molecule has 1 amide bonds. The van der Waals surface area contributed by atoms with E-state index in [1.54, 1.807) is 17.4 Å². The van der Waals surface area contributed by atoms with E-state index in [2.05, 4.69) is 31.9 Å². The third kappa shape index (κ3) is 8.26. The number of hydrogen-bond donors (Lipinski definition) is 4. The highest BCUT2D eigenvalue weighted by Crippen LogP contribution is 2.36. The van der Waals surface area contributed by atoms with Crippen molar-refractivity contribution in [1.82, 2.24) is 0 Å². The van der Waals surface area contributed by atoms with Gasteiger partial charge in [0, 0.05) is 28.1 Å². The Hall–Kier alpha value is -0.510. The fourth-order valence-corrected chi connectivity index (χ4v) is 5.82. The molecule has 8 heteroatoms. The number of primary amides is 1. The molecule has 1 aromatic rings. The van der Waals surface area contributed by atoms with Crippen LogP contribution in [0.1, 0.15) is 43.4 Å². The molecule has 1 heterocycles. The number of aliphatic hydroxyl groups is 3. The van der Waals surface area contributed by atoms with E-state index in [4.69, 9.17) is 5.73 Å². The Labute approximate surface area is 193 Å². The van der Waals surface area contributed by atoms with Gasteiger partial charge in [-0.15, -0.1) is 11.3 Å². The lowest BCUT2D eigenvalue weighted by Crippen LogP contribution is -2.20. The summed E-state index contributed by atoms with van der Waals surface area (Å²) >= 11 is 8.59. The Kier molecular flexibility index (Phi) is 10.6. The third-order valence-corrected chi connectivity index (χ3v) is 8.54. The Morgan fingerprint density at radius 2 is 2.07 bits per heavy atom. The lowest BCUT2D eigenvalue weighted by molar-refractivity contribution is -0.118. The third-order valence-electron chi connectivity index (χ3n) is 5.22. The minimum atomic E-state index is -0.606. The van der Waals surface area contributed by atoms with Gasteiger partial charge in [-0.05, 0) is 75.9 Å². The summed E-state index contributed by atoms with van der Waals surface area (Å²) in [5.74, 6) is -0.555. The molecule has 162 valence electrons. The molecule has 0 unspecified atom stereocenters. The molecule has 29 heavy (non-hydrogen) atoms. The number of halogens is 2. The van der Waals surface area contributed by atoms with Crippen LogP contribution < -0.4 is 5.73 Å². The van der Waals surface area contributed by atoms with Crippen molar-refractivity contribution in [3.8, 4) is 0 Å². The number of rotatable bonds is 11. The van der Waals surface area contributed by atoms with Gasteiger partial charge < -0.3 is 21.1 Å². The lowest BCUT2D eigenvalue weighted by Gasteiger charge is -2.19. The summed E-state index contributed by atoms with van der Waals surface area (Å²) in [4.78, 5) is 11.9. The van der Waals surface area contributed by atoms with Gasteiger partial charge in [0.25, 0.3) is 0 Å². The zero-order valence-electron chi connectivity index (χ0n) is 16.2. The van der Waals surface area contributed by atoms with E-state index in [1.165, 1.54) is 4.88 Å². The van der Waals surface area contributed by atoms with Crippen molar-refractivity contribution < 1.29 is 20.1 Å². The minimum Gasteiger partial charge on any atom is -0.393 e. The highest BCUT2D eigenvalue weighted by molar-refractivity contribution is 9.13. The fraction of sp³-hybridized carbons (Fsp3) is 0.571. The molecule has 0 aromatic carbocycles. The van der Waals surface area contributed by atoms with E-state index in [0.717, 1.165) is 21.1 Å². The van der Waals surface area contributed by atoms with Gasteiger partial charge in [0.2, 0.25) is 5.91 Å². The number of amides is 1. The largest absolute Gasteiger partial charge is 0.393 e. The smallest absolute Gasteiger partial charge is 0.217 e. The van der Waals surface area contributed by atoms with Crippen molar-refractivity contribution in [3.63, 3.8) is 0 Å². The number of carbonyl (C=O) groups excluding carboxylic acids is 1. The number of thiophene rings is 1. The zero-order chi connectivity index (χ0) is 21.4. The molecule has 5 N–H and O–H groups in total. The van der Waals surface area contributed by atoms with Gasteiger partial charge in [-0.2, -0.15) is 0 Å². The average Bonchev–Trinajstić information content (AvgIpc) is 3.11. The van der Waals surface area contributed by atoms with Gasteiger partial charge in [0.1, 0.15) is 0 Å². The number of nitrogens with two attached hydrogens (primary N) is 1. The Morgan fingerprint density at radius 3 is 2.72 bits per heavy atom. The number of allylic oxidation sites excluding steroid dienone is 2. The van der Waals surface area contributed by atoms with Crippen LogP contribution in [0.2, 0.25) is 0 Å². The average molecular weight is 551 g/mol. The van der Waals surface area contributed by atoms with Gasteiger partial charge in [-0.3, -0.25) is 4.79 Å². The maximum absolute atomic E-state index is 10.7. The predicted molar refractivity (Wildman–Crippen MR) is 124 cm³/mol. The second kappa shape index (κ2) is 12.4. The molecule has 5 atom stereocenters. The standard InChI is InChI=1S/C21H29Br2NO4S/c22-17-11-14(29-21(17)23)9-7-13(25)8-10-16-15(18(26)12-19(16)27)5-3-1-2-4-6-20(24)28/h1,3,8,10-11,13,15-16,18-19,25-27H,2,4-7,9,12H2,(H2,24,28)/b3-1-,10-8+/t13-,15-,16-,18+,19+/m1/s1. The summed E-state index contributed by atoms with van der Waals surface area (Å²) in [5, 5.41) is 30.9. The van der Waals surface area contributed by atoms with Gasteiger partial charge in [-0.1, -0.05) is 24.3 Å². The molecule has 0 radical (unpaired) electrons. The molecule has 0 aliphatic heterocycles. The van der Waals surface area contributed by atoms with E-state index in [0.29, 0.717) is 32.1 Å². The van der Waals surface area contributed by atoms with E-state index in [1.807, 2.05) is 24.3 Å². The van der Waals surface area contributed by atoms with Gasteiger partial charge in [-0.25, -0.2) is 0 Å². The molecule has 1 aliphatic carbocycles. The summed E-state index contributed by atoms with van der Waals surface area (Å²) < 4.78 is 2.07. The molecular weight excluding hydrogens is 522 g/mol. The van der Waals surface area contributed by atoms with Gasteiger partial charge in [0.05, 0.1) is 22.1 Å². The van der Waals surface area contributed by atoms with Crippen molar-refractivity contribution in [2.24, 2.45) is 17.6 Å². The maximum atomic E-state index is 10.7. The topological polar surface area (TPSA) is 104 Å². The summed E-state index contributed by atoms with van der Waals surface area (Å²) in [6, 6.07) is 2.05. The Bertz CT molecular complexity index is 702. The first-order chi connectivity index (χ1) is 13.8. The van der Waals surface area contributed by atoms with Crippen LogP contribution >= 0.6 is 43.2 Å². The number of hydrogen-bond acceptors (Lipinski definition) is 5. The SMILES string of the molecule is NC(=O)CCC/C=C\C[C@@H]1[C@@H](/C=C/[C@H](O)CCc2cc(Br)c(Br)s2)[C@@H](O)C[C@@H]1O. The van der Waals surface area contributed by atoms with Crippen LogP contribution in [0.15, 0.2) is 38.6 Å². The first-order valence-electron chi connectivity index (χ1n) is 9.87. The Morgan fingerprint density at radius 1 is 1.31 bits per heavy atom. The molecule has 0 spiro atoms. The van der Waals surface area contributed by atoms with Crippen LogP contribution in [-0.4, -0.2) is 39.5 Å². The van der Waals surface area contributed by atoms with Crippen LogP contribution in [0.4, 0.5) is 0 Å². The fourth-order valence-electron chi connectivity index (χ4n) is 3.63. The van der Waals surface area contributed by atoms with E-state index >= 15 is 0 Å². The molecular formula is C21H29Br2NO4S. The summed E-state index contributed by atoms with van der Waals surface area (Å²) in [7, 11) is 0. The second-order valence-corrected chi connectivity index (χ2v) is 10.8. The highest BCUT2D eigenvalue weighted by Gasteiger charge is 2.39. The quantitative estimate of drug-likeness (QED) is 0.246. The van der Waals surface area contributed by atoms with Crippen molar-refractivity contribution in [1.29, 1.82) is 0 Å². The predicted octanol–water partition coefficient (Wildman–Crippen LogP) is 4.08. The zero-order valence-corrected chi connectivity index (χ0v) is 20.2. The second-order valence-electron chi connectivity index (χ2n) is 7.50. The highest BCUT2D eigenvalue weighted by atomic mass is 79.9. The summed E-state index contributed by atoms with van der Waals surface area (Å²) in [5.41, 5.74) is 5.12. The normalized spacial score (nSPS) is 26.0. The molecule has 5 nitrogen and oxygen atoms in total.